The first-order valence-electron chi connectivity index (χ1n) is 9.17. The molecule has 25 heavy (non-hydrogen) atoms. The Morgan fingerprint density at radius 2 is 1.96 bits per heavy atom. The highest BCUT2D eigenvalue weighted by molar-refractivity contribution is 5.86. The smallest absolute Gasteiger partial charge is 0.242 e. The van der Waals surface area contributed by atoms with Crippen molar-refractivity contribution < 1.29 is 14.3 Å². The van der Waals surface area contributed by atoms with Crippen molar-refractivity contribution in [3.63, 3.8) is 0 Å². The summed E-state index contributed by atoms with van der Waals surface area (Å²) in [5.41, 5.74) is -0.376. The van der Waals surface area contributed by atoms with Crippen LogP contribution in [0.2, 0.25) is 0 Å². The van der Waals surface area contributed by atoms with E-state index in [0.717, 1.165) is 51.9 Å². The summed E-state index contributed by atoms with van der Waals surface area (Å²) in [5.74, 6) is 0.290. The lowest BCUT2D eigenvalue weighted by atomic mass is 9.77. The van der Waals surface area contributed by atoms with Crippen LogP contribution < -0.4 is 0 Å². The number of carbonyl (C=O) groups excluding carboxylic acids is 2. The van der Waals surface area contributed by atoms with Gasteiger partial charge in [-0.25, -0.2) is 0 Å². The first kappa shape index (κ1) is 16.5. The number of likely N-dealkylation sites (tertiary alicyclic amines) is 2. The summed E-state index contributed by atoms with van der Waals surface area (Å²) in [6.45, 7) is 3.78. The molecule has 0 N–H and O–H groups in total. The van der Waals surface area contributed by atoms with Crippen molar-refractivity contribution in [1.82, 2.24) is 24.6 Å². The summed E-state index contributed by atoms with van der Waals surface area (Å²) < 4.78 is 7.11. The van der Waals surface area contributed by atoms with E-state index in [9.17, 15) is 9.59 Å². The summed E-state index contributed by atoms with van der Waals surface area (Å²) in [4.78, 5) is 29.7. The molecule has 3 fully saturated rings. The molecule has 3 aliphatic rings. The lowest BCUT2D eigenvalue weighted by molar-refractivity contribution is -0.151. The maximum atomic E-state index is 13.3. The van der Waals surface area contributed by atoms with E-state index < -0.39 is 0 Å². The fourth-order valence-corrected chi connectivity index (χ4v) is 4.47. The molecular weight excluding hydrogens is 322 g/mol. The zero-order valence-corrected chi connectivity index (χ0v) is 14.5. The summed E-state index contributed by atoms with van der Waals surface area (Å²) in [5, 5.41) is 7.46. The minimum absolute atomic E-state index is 0.0349. The van der Waals surface area contributed by atoms with Gasteiger partial charge in [0.2, 0.25) is 11.8 Å². The average Bonchev–Trinajstić information content (AvgIpc) is 3.29. The van der Waals surface area contributed by atoms with E-state index in [-0.39, 0.29) is 23.8 Å². The summed E-state index contributed by atoms with van der Waals surface area (Å²) in [7, 11) is 0. The minimum Gasteiger partial charge on any atom is -0.381 e. The topological polar surface area (TPSA) is 80.6 Å². The second kappa shape index (κ2) is 6.74. The van der Waals surface area contributed by atoms with Crippen LogP contribution in [-0.4, -0.2) is 75.3 Å². The van der Waals surface area contributed by atoms with Crippen molar-refractivity contribution in [1.29, 1.82) is 0 Å². The molecule has 136 valence electrons. The van der Waals surface area contributed by atoms with Gasteiger partial charge < -0.3 is 19.1 Å². The van der Waals surface area contributed by atoms with E-state index in [4.69, 9.17) is 4.74 Å². The van der Waals surface area contributed by atoms with E-state index in [1.807, 2.05) is 4.90 Å². The molecule has 1 aromatic rings. The molecule has 0 unspecified atom stereocenters. The van der Waals surface area contributed by atoms with Crippen LogP contribution in [0.1, 0.15) is 32.1 Å². The van der Waals surface area contributed by atoms with Crippen LogP contribution in [0, 0.1) is 5.41 Å². The molecule has 3 saturated heterocycles. The van der Waals surface area contributed by atoms with E-state index in [2.05, 4.69) is 15.1 Å². The number of aromatic nitrogens is 3. The van der Waals surface area contributed by atoms with Crippen LogP contribution in [-0.2, 0) is 20.9 Å². The van der Waals surface area contributed by atoms with Gasteiger partial charge in [0.25, 0.3) is 0 Å². The molecule has 0 aromatic carbocycles. The molecule has 0 bridgehead atoms. The Bertz CT molecular complexity index is 628. The number of piperidine rings is 1. The normalized spacial score (nSPS) is 28.1. The zero-order valence-electron chi connectivity index (χ0n) is 14.5. The van der Waals surface area contributed by atoms with Gasteiger partial charge >= 0.3 is 0 Å². The number of hydrogen-bond donors (Lipinski definition) is 0. The number of ether oxygens (including phenoxy) is 1. The number of hydrogen-bond acceptors (Lipinski definition) is 5. The molecule has 1 aromatic heterocycles. The number of rotatable bonds is 3. The molecule has 1 atom stereocenters. The Kier molecular flexibility index (Phi) is 4.45. The van der Waals surface area contributed by atoms with Crippen LogP contribution in [0.25, 0.3) is 0 Å². The van der Waals surface area contributed by atoms with E-state index >= 15 is 0 Å². The highest BCUT2D eigenvalue weighted by Crippen LogP contribution is 2.41. The standard InChI is InChI=1S/C17H25N5O3/c23-15(10-20-12-18-19-13-20)21-7-5-17(11-21)4-1-6-22(16(17)24)14-2-8-25-9-3-14/h12-14H,1-11H2/t17-/m1/s1. The summed E-state index contributed by atoms with van der Waals surface area (Å²) in [6, 6.07) is 0.306. The maximum Gasteiger partial charge on any atom is 0.242 e. The van der Waals surface area contributed by atoms with Gasteiger partial charge in [0, 0.05) is 38.9 Å². The van der Waals surface area contributed by atoms with Crippen molar-refractivity contribution in [3.05, 3.63) is 12.7 Å². The molecule has 8 nitrogen and oxygen atoms in total. The Balaban J connectivity index is 1.42. The quantitative estimate of drug-likeness (QED) is 0.785. The van der Waals surface area contributed by atoms with Crippen LogP contribution in [0.3, 0.4) is 0 Å². The molecule has 0 radical (unpaired) electrons. The maximum absolute atomic E-state index is 13.3. The summed E-state index contributed by atoms with van der Waals surface area (Å²) in [6.07, 6.45) is 7.64. The largest absolute Gasteiger partial charge is 0.381 e. The molecule has 2 amide bonds. The van der Waals surface area contributed by atoms with Gasteiger partial charge in [-0.05, 0) is 32.1 Å². The molecule has 8 heteroatoms. The van der Waals surface area contributed by atoms with Crippen molar-refractivity contribution in [2.75, 3.05) is 32.8 Å². The van der Waals surface area contributed by atoms with Crippen LogP contribution in [0.15, 0.2) is 12.7 Å². The zero-order chi connectivity index (χ0) is 17.3. The van der Waals surface area contributed by atoms with Crippen LogP contribution in [0.4, 0.5) is 0 Å². The van der Waals surface area contributed by atoms with Gasteiger partial charge in [-0.3, -0.25) is 9.59 Å². The van der Waals surface area contributed by atoms with Crippen molar-refractivity contribution in [2.24, 2.45) is 5.41 Å². The molecule has 1 spiro atoms. The van der Waals surface area contributed by atoms with Crippen molar-refractivity contribution in [2.45, 2.75) is 44.7 Å². The lowest BCUT2D eigenvalue weighted by Gasteiger charge is -2.44. The van der Waals surface area contributed by atoms with Gasteiger partial charge in [-0.2, -0.15) is 0 Å². The van der Waals surface area contributed by atoms with Crippen molar-refractivity contribution >= 4 is 11.8 Å². The fourth-order valence-electron chi connectivity index (χ4n) is 4.47. The van der Waals surface area contributed by atoms with Gasteiger partial charge in [-0.15, -0.1) is 10.2 Å². The van der Waals surface area contributed by atoms with Gasteiger partial charge in [0.15, 0.2) is 0 Å². The minimum atomic E-state index is -0.376. The average molecular weight is 347 g/mol. The van der Waals surface area contributed by atoms with Gasteiger partial charge in [-0.1, -0.05) is 0 Å². The summed E-state index contributed by atoms with van der Waals surface area (Å²) >= 11 is 0. The fraction of sp³-hybridized carbons (Fsp3) is 0.765. The highest BCUT2D eigenvalue weighted by atomic mass is 16.5. The number of nitrogens with zero attached hydrogens (tertiary/aromatic N) is 5. The lowest BCUT2D eigenvalue weighted by Crippen LogP contribution is -2.55. The van der Waals surface area contributed by atoms with Crippen LogP contribution in [0.5, 0.6) is 0 Å². The monoisotopic (exact) mass is 347 g/mol. The second-order valence-corrected chi connectivity index (χ2v) is 7.43. The number of carbonyl (C=O) groups is 2. The third kappa shape index (κ3) is 3.15. The molecule has 0 aliphatic carbocycles. The first-order valence-corrected chi connectivity index (χ1v) is 9.17. The van der Waals surface area contributed by atoms with Crippen molar-refractivity contribution in [3.8, 4) is 0 Å². The Morgan fingerprint density at radius 1 is 1.20 bits per heavy atom. The third-order valence-electron chi connectivity index (χ3n) is 5.89. The van der Waals surface area contributed by atoms with E-state index in [0.29, 0.717) is 19.1 Å². The Labute approximate surface area is 147 Å². The molecule has 4 rings (SSSR count). The predicted octanol–water partition coefficient (Wildman–Crippen LogP) is 0.298. The van der Waals surface area contributed by atoms with E-state index in [1.54, 1.807) is 17.2 Å². The van der Waals surface area contributed by atoms with Crippen LogP contribution >= 0.6 is 0 Å². The number of amides is 2. The molecule has 3 aliphatic heterocycles. The Hall–Kier alpha value is -1.96. The molecular formula is C17H25N5O3. The third-order valence-corrected chi connectivity index (χ3v) is 5.89. The highest BCUT2D eigenvalue weighted by Gasteiger charge is 2.50. The molecule has 0 saturated carbocycles. The molecule has 4 heterocycles. The first-order chi connectivity index (χ1) is 12.2. The SMILES string of the molecule is O=C(Cn1cnnc1)N1CC[C@]2(CCCN(C3CCOCC3)C2=O)C1. The Morgan fingerprint density at radius 3 is 2.72 bits per heavy atom. The van der Waals surface area contributed by atoms with Gasteiger partial charge in [0.1, 0.15) is 19.2 Å². The predicted molar refractivity (Wildman–Crippen MR) is 88.4 cm³/mol. The second-order valence-electron chi connectivity index (χ2n) is 7.43. The van der Waals surface area contributed by atoms with Gasteiger partial charge in [0.05, 0.1) is 5.41 Å². The van der Waals surface area contributed by atoms with E-state index in [1.165, 1.54) is 0 Å².